The molecule has 54 valence electrons. The fourth-order valence-corrected chi connectivity index (χ4v) is 0.608. The molecule has 0 fully saturated rings. The summed E-state index contributed by atoms with van der Waals surface area (Å²) in [5.74, 6) is -0.775. The van der Waals surface area contributed by atoms with Gasteiger partial charge in [0.1, 0.15) is 6.04 Å². The lowest BCUT2D eigenvalue weighted by atomic mass is 10.4. The Hall–Kier alpha value is -0.130. The molecule has 1 unspecified atom stereocenters. The molecular formula is C3H6ClNO3S. The van der Waals surface area contributed by atoms with Crippen LogP contribution in [0.2, 0.25) is 0 Å². The molecule has 0 saturated carbocycles. The highest BCUT2D eigenvalue weighted by molar-refractivity contribution is 8.04. The molecule has 9 heavy (non-hydrogen) atoms. The lowest BCUT2D eigenvalue weighted by molar-refractivity contribution is -0.134. The van der Waals surface area contributed by atoms with Crippen molar-refractivity contribution in [2.75, 3.05) is 0 Å². The summed E-state index contributed by atoms with van der Waals surface area (Å²) in [6.45, 7) is 1.41. The van der Waals surface area contributed by atoms with Crippen LogP contribution in [0.25, 0.3) is 0 Å². The summed E-state index contributed by atoms with van der Waals surface area (Å²) in [6, 6.07) is -0.785. The zero-order valence-corrected chi connectivity index (χ0v) is 6.24. The van der Waals surface area contributed by atoms with Gasteiger partial charge in [-0.15, -0.1) is 0 Å². The molecule has 0 rings (SSSR count). The minimum absolute atomic E-state index is 0.775. The fraction of sp³-hybridized carbons (Fsp3) is 0.667. The van der Waals surface area contributed by atoms with Crippen molar-refractivity contribution in [1.29, 1.82) is 0 Å². The van der Waals surface area contributed by atoms with E-state index in [9.17, 15) is 9.00 Å². The van der Waals surface area contributed by atoms with Crippen LogP contribution in [0, 0.1) is 0 Å². The van der Waals surface area contributed by atoms with E-state index in [1.165, 1.54) is 6.92 Å². The number of halogens is 1. The van der Waals surface area contributed by atoms with Gasteiger partial charge in [0.25, 0.3) is 0 Å². The molecule has 0 heterocycles. The van der Waals surface area contributed by atoms with E-state index in [2.05, 4.69) is 4.18 Å². The SMILES string of the molecule is C[C@H](N)C(=O)OS(=O)Cl. The summed E-state index contributed by atoms with van der Waals surface area (Å²) < 4.78 is 13.9. The summed E-state index contributed by atoms with van der Waals surface area (Å²) in [5.41, 5.74) is 5.02. The van der Waals surface area contributed by atoms with Gasteiger partial charge in [-0.3, -0.25) is 0 Å². The number of hydrogen-bond acceptors (Lipinski definition) is 4. The fourth-order valence-electron chi connectivity index (χ4n) is 0.140. The van der Waals surface area contributed by atoms with Gasteiger partial charge in [0, 0.05) is 10.7 Å². The molecule has 0 saturated heterocycles. The van der Waals surface area contributed by atoms with E-state index in [-0.39, 0.29) is 0 Å². The van der Waals surface area contributed by atoms with Crippen molar-refractivity contribution in [3.8, 4) is 0 Å². The van der Waals surface area contributed by atoms with E-state index in [4.69, 9.17) is 16.4 Å². The first-order valence-corrected chi connectivity index (χ1v) is 4.00. The highest BCUT2D eigenvalue weighted by Gasteiger charge is 2.10. The molecule has 0 aliphatic rings. The minimum Gasteiger partial charge on any atom is -0.351 e. The summed E-state index contributed by atoms with van der Waals surface area (Å²) in [4.78, 5) is 10.3. The molecule has 4 nitrogen and oxygen atoms in total. The highest BCUT2D eigenvalue weighted by atomic mass is 35.7. The van der Waals surface area contributed by atoms with E-state index in [1.54, 1.807) is 0 Å². The van der Waals surface area contributed by atoms with E-state index < -0.39 is 22.3 Å². The first-order valence-electron chi connectivity index (χ1n) is 2.10. The number of nitrogens with two attached hydrogens (primary N) is 1. The maximum atomic E-state index is 10.3. The molecule has 0 spiro atoms. The van der Waals surface area contributed by atoms with Gasteiger partial charge in [-0.2, -0.15) is 4.21 Å². The zero-order chi connectivity index (χ0) is 7.44. The Bertz CT molecular complexity index is 137. The van der Waals surface area contributed by atoms with Gasteiger partial charge in [-0.05, 0) is 6.92 Å². The minimum atomic E-state index is -2.07. The third kappa shape index (κ3) is 4.38. The van der Waals surface area contributed by atoms with Crippen LogP contribution in [0.4, 0.5) is 0 Å². The smallest absolute Gasteiger partial charge is 0.337 e. The van der Waals surface area contributed by atoms with Crippen LogP contribution in [0.5, 0.6) is 0 Å². The standard InChI is InChI=1S/C3H6ClNO3S/c1-2(5)3(6)8-9(4)7/h2H,5H2,1H3/t2-,9?/m0/s1. The quantitative estimate of drug-likeness (QED) is 0.579. The predicted octanol–water partition coefficient (Wildman–Crippen LogP) is -0.306. The molecule has 0 amide bonds. The normalized spacial score (nSPS) is 16.3. The molecule has 6 heteroatoms. The molecular weight excluding hydrogens is 166 g/mol. The molecule has 2 atom stereocenters. The van der Waals surface area contributed by atoms with Gasteiger partial charge in [0.05, 0.1) is 0 Å². The Morgan fingerprint density at radius 3 is 2.44 bits per heavy atom. The van der Waals surface area contributed by atoms with Gasteiger partial charge in [-0.25, -0.2) is 4.79 Å². The van der Waals surface area contributed by atoms with Crippen LogP contribution >= 0.6 is 10.7 Å². The largest absolute Gasteiger partial charge is 0.351 e. The van der Waals surface area contributed by atoms with Crippen LogP contribution < -0.4 is 5.73 Å². The van der Waals surface area contributed by atoms with Crippen molar-refractivity contribution in [1.82, 2.24) is 0 Å². The summed E-state index contributed by atoms with van der Waals surface area (Å²) >= 11 is 0. The van der Waals surface area contributed by atoms with Crippen molar-refractivity contribution in [3.05, 3.63) is 0 Å². The van der Waals surface area contributed by atoms with Crippen LogP contribution in [0.15, 0.2) is 0 Å². The Labute approximate surface area is 59.5 Å². The van der Waals surface area contributed by atoms with Crippen molar-refractivity contribution < 1.29 is 13.2 Å². The second-order valence-corrected chi connectivity index (χ2v) is 2.70. The predicted molar refractivity (Wildman–Crippen MR) is 33.7 cm³/mol. The van der Waals surface area contributed by atoms with Gasteiger partial charge >= 0.3 is 16.3 Å². The average Bonchev–Trinajstić information content (AvgIpc) is 1.63. The van der Waals surface area contributed by atoms with Crippen LogP contribution in [-0.2, 0) is 19.3 Å². The third-order valence-electron chi connectivity index (χ3n) is 0.519. The topological polar surface area (TPSA) is 69.4 Å². The highest BCUT2D eigenvalue weighted by Crippen LogP contribution is 1.93. The van der Waals surface area contributed by atoms with E-state index >= 15 is 0 Å². The molecule has 0 aromatic heterocycles. The molecule has 0 aromatic rings. The molecule has 0 aliphatic carbocycles. The van der Waals surface area contributed by atoms with E-state index in [1.807, 2.05) is 0 Å². The summed E-state index contributed by atoms with van der Waals surface area (Å²) in [6.07, 6.45) is 0. The maximum Gasteiger partial charge on any atom is 0.337 e. The van der Waals surface area contributed by atoms with Crippen molar-refractivity contribution in [3.63, 3.8) is 0 Å². The van der Waals surface area contributed by atoms with Crippen molar-refractivity contribution in [2.45, 2.75) is 13.0 Å². The monoisotopic (exact) mass is 171 g/mol. The Balaban J connectivity index is 3.64. The molecule has 0 aromatic carbocycles. The number of hydrogen-bond donors (Lipinski definition) is 1. The van der Waals surface area contributed by atoms with Crippen molar-refractivity contribution >= 4 is 26.9 Å². The van der Waals surface area contributed by atoms with Gasteiger partial charge in [0.15, 0.2) is 0 Å². The lowest BCUT2D eigenvalue weighted by Crippen LogP contribution is -2.28. The summed E-state index contributed by atoms with van der Waals surface area (Å²) in [7, 11) is 2.72. The van der Waals surface area contributed by atoms with Gasteiger partial charge in [-0.1, -0.05) is 0 Å². The molecule has 0 bridgehead atoms. The number of carbonyl (C=O) groups excluding carboxylic acids is 1. The number of carbonyl (C=O) groups is 1. The third-order valence-corrected chi connectivity index (χ3v) is 1.00. The molecule has 0 radical (unpaired) electrons. The van der Waals surface area contributed by atoms with Crippen molar-refractivity contribution in [2.24, 2.45) is 5.73 Å². The van der Waals surface area contributed by atoms with E-state index in [0.29, 0.717) is 0 Å². The van der Waals surface area contributed by atoms with Gasteiger partial charge in [0.2, 0.25) is 0 Å². The second-order valence-electron chi connectivity index (χ2n) is 1.39. The first-order chi connectivity index (χ1) is 4.04. The Morgan fingerprint density at radius 2 is 2.33 bits per heavy atom. The molecule has 0 aliphatic heterocycles. The lowest BCUT2D eigenvalue weighted by Gasteiger charge is -1.99. The second kappa shape index (κ2) is 3.81. The van der Waals surface area contributed by atoms with Crippen LogP contribution in [0.3, 0.4) is 0 Å². The Kier molecular flexibility index (Phi) is 3.76. The number of rotatable bonds is 2. The molecule has 2 N–H and O–H groups in total. The van der Waals surface area contributed by atoms with Crippen LogP contribution in [-0.4, -0.2) is 16.2 Å². The average molecular weight is 172 g/mol. The zero-order valence-electron chi connectivity index (χ0n) is 4.67. The maximum absolute atomic E-state index is 10.3. The Morgan fingerprint density at radius 1 is 1.89 bits per heavy atom. The summed E-state index contributed by atoms with van der Waals surface area (Å²) in [5, 5.41) is 0. The van der Waals surface area contributed by atoms with E-state index in [0.717, 1.165) is 0 Å². The first kappa shape index (κ1) is 8.87. The van der Waals surface area contributed by atoms with Gasteiger partial charge < -0.3 is 9.92 Å². The van der Waals surface area contributed by atoms with Crippen LogP contribution in [0.1, 0.15) is 6.92 Å².